The van der Waals surface area contributed by atoms with Gasteiger partial charge >= 0.3 is 0 Å². The Bertz CT molecular complexity index is 804. The SMILES string of the molecule is CC(=O)N1Cc2ccccc2CC1C(=O)Nc1nc(C)ccc1O. The molecule has 124 valence electrons. The Kier molecular flexibility index (Phi) is 4.20. The van der Waals surface area contributed by atoms with E-state index in [0.717, 1.165) is 11.1 Å². The maximum absolute atomic E-state index is 12.7. The number of aromatic nitrogens is 1. The number of amides is 2. The average molecular weight is 325 g/mol. The molecule has 2 N–H and O–H groups in total. The van der Waals surface area contributed by atoms with Crippen LogP contribution >= 0.6 is 0 Å². The van der Waals surface area contributed by atoms with Crippen molar-refractivity contribution in [3.63, 3.8) is 0 Å². The van der Waals surface area contributed by atoms with Crippen molar-refractivity contribution in [2.75, 3.05) is 5.32 Å². The summed E-state index contributed by atoms with van der Waals surface area (Å²) >= 11 is 0. The molecule has 0 saturated carbocycles. The Morgan fingerprint density at radius 3 is 2.62 bits per heavy atom. The van der Waals surface area contributed by atoms with Gasteiger partial charge < -0.3 is 15.3 Å². The number of carbonyl (C=O) groups is 2. The second-order valence-electron chi connectivity index (χ2n) is 5.95. The average Bonchev–Trinajstić information content (AvgIpc) is 2.56. The minimum Gasteiger partial charge on any atom is -0.504 e. The highest BCUT2D eigenvalue weighted by atomic mass is 16.3. The second-order valence-corrected chi connectivity index (χ2v) is 5.95. The maximum atomic E-state index is 12.7. The van der Waals surface area contributed by atoms with Crippen LogP contribution in [-0.2, 0) is 22.6 Å². The number of anilines is 1. The Hall–Kier alpha value is -2.89. The molecule has 1 atom stereocenters. The van der Waals surface area contributed by atoms with Crippen LogP contribution in [-0.4, -0.2) is 32.8 Å². The first-order chi connectivity index (χ1) is 11.5. The lowest BCUT2D eigenvalue weighted by Crippen LogP contribution is -2.50. The molecule has 0 spiro atoms. The molecular formula is C18H19N3O3. The smallest absolute Gasteiger partial charge is 0.248 e. The second kappa shape index (κ2) is 6.31. The molecule has 2 amide bonds. The minimum absolute atomic E-state index is 0.0977. The van der Waals surface area contributed by atoms with Gasteiger partial charge in [0.05, 0.1) is 0 Å². The van der Waals surface area contributed by atoms with E-state index in [1.165, 1.54) is 13.0 Å². The van der Waals surface area contributed by atoms with E-state index in [4.69, 9.17) is 0 Å². The standard InChI is InChI=1S/C18H19N3O3/c1-11-7-8-16(23)17(19-11)20-18(24)15-9-13-5-3-4-6-14(13)10-21(15)12(2)22/h3-8,15,23H,9-10H2,1-2H3,(H,19,20,24). The molecule has 6 heteroatoms. The number of benzene rings is 1. The summed E-state index contributed by atoms with van der Waals surface area (Å²) in [6, 6.07) is 10.3. The number of rotatable bonds is 2. The van der Waals surface area contributed by atoms with Gasteiger partial charge in [-0.15, -0.1) is 0 Å². The molecule has 2 heterocycles. The number of fused-ring (bicyclic) bond motifs is 1. The third-order valence-electron chi connectivity index (χ3n) is 4.21. The van der Waals surface area contributed by atoms with Crippen molar-refractivity contribution in [3.8, 4) is 5.75 Å². The molecule has 1 aromatic carbocycles. The normalized spacial score (nSPS) is 16.4. The zero-order valence-electron chi connectivity index (χ0n) is 13.6. The highest BCUT2D eigenvalue weighted by molar-refractivity contribution is 5.97. The lowest BCUT2D eigenvalue weighted by molar-refractivity contribution is -0.138. The largest absolute Gasteiger partial charge is 0.504 e. The summed E-state index contributed by atoms with van der Waals surface area (Å²) in [6.45, 7) is 3.63. The summed E-state index contributed by atoms with van der Waals surface area (Å²) in [6.07, 6.45) is 0.439. The molecule has 2 aromatic rings. The van der Waals surface area contributed by atoms with Gasteiger partial charge in [0.15, 0.2) is 11.6 Å². The van der Waals surface area contributed by atoms with E-state index in [2.05, 4.69) is 10.3 Å². The van der Waals surface area contributed by atoms with Gasteiger partial charge in [0.2, 0.25) is 11.8 Å². The number of hydrogen-bond acceptors (Lipinski definition) is 4. The van der Waals surface area contributed by atoms with E-state index < -0.39 is 6.04 Å². The van der Waals surface area contributed by atoms with Crippen LogP contribution in [0.25, 0.3) is 0 Å². The van der Waals surface area contributed by atoms with Crippen molar-refractivity contribution in [1.82, 2.24) is 9.88 Å². The van der Waals surface area contributed by atoms with Gasteiger partial charge in [-0.2, -0.15) is 0 Å². The van der Waals surface area contributed by atoms with Gasteiger partial charge in [-0.3, -0.25) is 9.59 Å². The molecular weight excluding hydrogens is 306 g/mol. The third kappa shape index (κ3) is 3.08. The van der Waals surface area contributed by atoms with E-state index >= 15 is 0 Å². The van der Waals surface area contributed by atoms with Crippen molar-refractivity contribution in [2.45, 2.75) is 32.9 Å². The third-order valence-corrected chi connectivity index (χ3v) is 4.21. The minimum atomic E-state index is -0.626. The van der Waals surface area contributed by atoms with E-state index in [1.54, 1.807) is 17.9 Å². The fourth-order valence-electron chi connectivity index (χ4n) is 2.93. The molecule has 1 aliphatic heterocycles. The molecule has 0 bridgehead atoms. The van der Waals surface area contributed by atoms with Crippen LogP contribution in [0, 0.1) is 6.92 Å². The van der Waals surface area contributed by atoms with Gasteiger partial charge in [0.25, 0.3) is 0 Å². The molecule has 3 rings (SSSR count). The first-order valence-electron chi connectivity index (χ1n) is 7.77. The number of pyridine rings is 1. The first-order valence-corrected chi connectivity index (χ1v) is 7.77. The van der Waals surface area contributed by atoms with Crippen LogP contribution in [0.1, 0.15) is 23.7 Å². The Morgan fingerprint density at radius 1 is 1.21 bits per heavy atom. The fraction of sp³-hybridized carbons (Fsp3) is 0.278. The van der Waals surface area contributed by atoms with Crippen LogP contribution in [0.5, 0.6) is 5.75 Å². The number of hydrogen-bond donors (Lipinski definition) is 2. The molecule has 1 unspecified atom stereocenters. The zero-order chi connectivity index (χ0) is 17.3. The summed E-state index contributed by atoms with van der Waals surface area (Å²) in [5.74, 6) is -0.499. The molecule has 0 saturated heterocycles. The predicted molar refractivity (Wildman–Crippen MR) is 89.4 cm³/mol. The van der Waals surface area contributed by atoms with Crippen molar-refractivity contribution in [3.05, 3.63) is 53.2 Å². The molecule has 0 fully saturated rings. The number of carbonyl (C=O) groups excluding carboxylic acids is 2. The maximum Gasteiger partial charge on any atom is 0.248 e. The lowest BCUT2D eigenvalue weighted by atomic mass is 9.93. The number of nitrogens with one attached hydrogen (secondary N) is 1. The van der Waals surface area contributed by atoms with E-state index in [9.17, 15) is 14.7 Å². The first kappa shape index (κ1) is 16.0. The Morgan fingerprint density at radius 2 is 1.92 bits per heavy atom. The number of aryl methyl sites for hydroxylation is 1. The monoisotopic (exact) mass is 325 g/mol. The van der Waals surface area contributed by atoms with Gasteiger partial charge in [-0.1, -0.05) is 24.3 Å². The predicted octanol–water partition coefficient (Wildman–Crippen LogP) is 2.01. The molecule has 0 aliphatic carbocycles. The molecule has 0 radical (unpaired) electrons. The topological polar surface area (TPSA) is 82.5 Å². The van der Waals surface area contributed by atoms with Gasteiger partial charge in [-0.05, 0) is 30.2 Å². The summed E-state index contributed by atoms with van der Waals surface area (Å²) in [7, 11) is 0. The summed E-state index contributed by atoms with van der Waals surface area (Å²) in [5, 5.41) is 12.5. The molecule has 1 aliphatic rings. The van der Waals surface area contributed by atoms with E-state index in [1.807, 2.05) is 24.3 Å². The summed E-state index contributed by atoms with van der Waals surface area (Å²) < 4.78 is 0. The van der Waals surface area contributed by atoms with Crippen molar-refractivity contribution in [2.24, 2.45) is 0 Å². The van der Waals surface area contributed by atoms with Crippen molar-refractivity contribution >= 4 is 17.6 Å². The Labute approximate surface area is 140 Å². The van der Waals surface area contributed by atoms with Crippen LogP contribution < -0.4 is 5.32 Å². The van der Waals surface area contributed by atoms with Crippen molar-refractivity contribution < 1.29 is 14.7 Å². The van der Waals surface area contributed by atoms with Gasteiger partial charge in [0.1, 0.15) is 6.04 Å². The molecule has 24 heavy (non-hydrogen) atoms. The number of aromatic hydroxyl groups is 1. The van der Waals surface area contributed by atoms with E-state index in [-0.39, 0.29) is 23.4 Å². The van der Waals surface area contributed by atoms with Crippen molar-refractivity contribution in [1.29, 1.82) is 0 Å². The summed E-state index contributed by atoms with van der Waals surface area (Å²) in [5.41, 5.74) is 2.78. The van der Waals surface area contributed by atoms with Crippen LogP contribution in [0.3, 0.4) is 0 Å². The quantitative estimate of drug-likeness (QED) is 0.885. The fourth-order valence-corrected chi connectivity index (χ4v) is 2.93. The van der Waals surface area contributed by atoms with Crippen LogP contribution in [0.2, 0.25) is 0 Å². The highest BCUT2D eigenvalue weighted by Crippen LogP contribution is 2.26. The van der Waals surface area contributed by atoms with Gasteiger partial charge in [-0.25, -0.2) is 4.98 Å². The molecule has 1 aromatic heterocycles. The Balaban J connectivity index is 1.87. The zero-order valence-corrected chi connectivity index (χ0v) is 13.6. The van der Waals surface area contributed by atoms with Gasteiger partial charge in [0, 0.05) is 25.6 Å². The lowest BCUT2D eigenvalue weighted by Gasteiger charge is -2.35. The van der Waals surface area contributed by atoms with Crippen LogP contribution in [0.4, 0.5) is 5.82 Å². The van der Waals surface area contributed by atoms with E-state index in [0.29, 0.717) is 18.7 Å². The molecule has 6 nitrogen and oxygen atoms in total. The number of nitrogens with zero attached hydrogens (tertiary/aromatic N) is 2. The highest BCUT2D eigenvalue weighted by Gasteiger charge is 2.33. The van der Waals surface area contributed by atoms with Crippen LogP contribution in [0.15, 0.2) is 36.4 Å². The summed E-state index contributed by atoms with van der Waals surface area (Å²) in [4.78, 5) is 30.4.